The third-order valence-electron chi connectivity index (χ3n) is 2.19. The maximum atomic E-state index is 5.09. The van der Waals surface area contributed by atoms with Gasteiger partial charge in [0.05, 0.1) is 0 Å². The van der Waals surface area contributed by atoms with Crippen LogP contribution >= 0.6 is 11.3 Å². The van der Waals surface area contributed by atoms with Crippen molar-refractivity contribution >= 4 is 11.3 Å². The molecule has 0 bridgehead atoms. The van der Waals surface area contributed by atoms with Crippen molar-refractivity contribution in [3.8, 4) is 0 Å². The van der Waals surface area contributed by atoms with Gasteiger partial charge in [0.15, 0.2) is 0 Å². The molecule has 14 heavy (non-hydrogen) atoms. The van der Waals surface area contributed by atoms with Crippen LogP contribution in [0.4, 0.5) is 0 Å². The molecule has 0 fully saturated rings. The van der Waals surface area contributed by atoms with Crippen molar-refractivity contribution in [1.82, 2.24) is 5.32 Å². The predicted molar refractivity (Wildman–Crippen MR) is 61.8 cm³/mol. The molecule has 80 valence electrons. The normalized spacial score (nSPS) is 15.4. The Bertz CT molecular complexity index is 235. The van der Waals surface area contributed by atoms with Gasteiger partial charge < -0.3 is 10.1 Å². The molecular formula is C11H19NOS. The van der Waals surface area contributed by atoms with Crippen molar-refractivity contribution in [2.45, 2.75) is 19.9 Å². The van der Waals surface area contributed by atoms with E-state index in [1.165, 1.54) is 4.88 Å². The first-order valence-corrected chi connectivity index (χ1v) is 5.87. The van der Waals surface area contributed by atoms with Crippen LogP contribution in [-0.2, 0) is 4.74 Å². The van der Waals surface area contributed by atoms with Crippen molar-refractivity contribution in [3.05, 3.63) is 22.4 Å². The van der Waals surface area contributed by atoms with Crippen LogP contribution in [0.2, 0.25) is 0 Å². The van der Waals surface area contributed by atoms with Gasteiger partial charge in [-0.15, -0.1) is 11.3 Å². The largest absolute Gasteiger partial charge is 0.384 e. The van der Waals surface area contributed by atoms with Gasteiger partial charge in [0.25, 0.3) is 0 Å². The molecule has 0 saturated carbocycles. The summed E-state index contributed by atoms with van der Waals surface area (Å²) in [5, 5.41) is 5.62. The highest BCUT2D eigenvalue weighted by Crippen LogP contribution is 2.18. The molecule has 3 heteroatoms. The van der Waals surface area contributed by atoms with E-state index in [1.807, 2.05) is 0 Å². The smallest absolute Gasteiger partial charge is 0.0499 e. The fourth-order valence-corrected chi connectivity index (χ4v) is 2.12. The predicted octanol–water partition coefficient (Wildman–Crippen LogP) is 2.68. The first-order valence-electron chi connectivity index (χ1n) is 4.99. The number of rotatable bonds is 6. The summed E-state index contributed by atoms with van der Waals surface area (Å²) in [6.45, 7) is 6.22. The second-order valence-electron chi connectivity index (χ2n) is 3.71. The Kier molecular flexibility index (Phi) is 5.15. The number of hydrogen-bond donors (Lipinski definition) is 1. The summed E-state index contributed by atoms with van der Waals surface area (Å²) in [4.78, 5) is 1.40. The third-order valence-corrected chi connectivity index (χ3v) is 3.25. The first kappa shape index (κ1) is 11.7. The van der Waals surface area contributed by atoms with Gasteiger partial charge in [-0.1, -0.05) is 13.0 Å². The topological polar surface area (TPSA) is 21.3 Å². The zero-order valence-electron chi connectivity index (χ0n) is 9.12. The molecule has 0 amide bonds. The van der Waals surface area contributed by atoms with Crippen LogP contribution in [0.15, 0.2) is 17.5 Å². The lowest BCUT2D eigenvalue weighted by atomic mass is 10.2. The molecule has 2 nitrogen and oxygen atoms in total. The minimum atomic E-state index is 0.453. The Morgan fingerprint density at radius 3 is 2.86 bits per heavy atom. The molecular weight excluding hydrogens is 194 g/mol. The van der Waals surface area contributed by atoms with Crippen LogP contribution in [0.3, 0.4) is 0 Å². The number of nitrogens with one attached hydrogen (secondary N) is 1. The second-order valence-corrected chi connectivity index (χ2v) is 4.69. The third kappa shape index (κ3) is 3.78. The van der Waals surface area contributed by atoms with E-state index in [9.17, 15) is 0 Å². The standard InChI is InChI=1S/C11H19NOS/c1-9(8-13-3)7-12-10(2)11-5-4-6-14-11/h4-6,9-10,12H,7-8H2,1-3H3/t9?,10-/m0/s1. The highest BCUT2D eigenvalue weighted by Gasteiger charge is 2.07. The van der Waals surface area contributed by atoms with Crippen molar-refractivity contribution in [3.63, 3.8) is 0 Å². The van der Waals surface area contributed by atoms with Gasteiger partial charge in [0, 0.05) is 31.2 Å². The van der Waals surface area contributed by atoms with Crippen molar-refractivity contribution < 1.29 is 4.74 Å². The molecule has 1 aromatic heterocycles. The number of hydrogen-bond acceptors (Lipinski definition) is 3. The van der Waals surface area contributed by atoms with Crippen LogP contribution in [-0.4, -0.2) is 20.3 Å². The Labute approximate surface area is 90.3 Å². The zero-order chi connectivity index (χ0) is 10.4. The average Bonchev–Trinajstić information content (AvgIpc) is 2.67. The minimum absolute atomic E-state index is 0.453. The number of thiophene rings is 1. The van der Waals surface area contributed by atoms with Gasteiger partial charge in [-0.05, 0) is 24.3 Å². The summed E-state index contributed by atoms with van der Waals surface area (Å²) < 4.78 is 5.09. The Hall–Kier alpha value is -0.380. The summed E-state index contributed by atoms with van der Waals surface area (Å²) in [7, 11) is 1.75. The van der Waals surface area contributed by atoms with E-state index >= 15 is 0 Å². The average molecular weight is 213 g/mol. The summed E-state index contributed by atoms with van der Waals surface area (Å²) in [5.41, 5.74) is 0. The molecule has 1 N–H and O–H groups in total. The maximum absolute atomic E-state index is 5.09. The summed E-state index contributed by atoms with van der Waals surface area (Å²) in [6, 6.07) is 4.72. The second kappa shape index (κ2) is 6.17. The van der Waals surface area contributed by atoms with Crippen LogP contribution < -0.4 is 5.32 Å². The van der Waals surface area contributed by atoms with E-state index in [2.05, 4.69) is 36.7 Å². The Balaban J connectivity index is 2.24. The maximum Gasteiger partial charge on any atom is 0.0499 e. The van der Waals surface area contributed by atoms with Gasteiger partial charge in [-0.3, -0.25) is 0 Å². The van der Waals surface area contributed by atoms with E-state index < -0.39 is 0 Å². The lowest BCUT2D eigenvalue weighted by Gasteiger charge is -2.16. The van der Waals surface area contributed by atoms with Crippen LogP contribution in [0.5, 0.6) is 0 Å². The van der Waals surface area contributed by atoms with Gasteiger partial charge in [-0.2, -0.15) is 0 Å². The van der Waals surface area contributed by atoms with E-state index in [4.69, 9.17) is 4.74 Å². The molecule has 0 aliphatic heterocycles. The molecule has 0 spiro atoms. The van der Waals surface area contributed by atoms with Gasteiger partial charge in [0.2, 0.25) is 0 Å². The molecule has 0 aromatic carbocycles. The molecule has 1 unspecified atom stereocenters. The van der Waals surface area contributed by atoms with Gasteiger partial charge in [0.1, 0.15) is 0 Å². The quantitative estimate of drug-likeness (QED) is 0.784. The number of ether oxygens (including phenoxy) is 1. The Morgan fingerprint density at radius 1 is 1.50 bits per heavy atom. The van der Waals surface area contributed by atoms with Crippen molar-refractivity contribution in [2.24, 2.45) is 5.92 Å². The highest BCUT2D eigenvalue weighted by molar-refractivity contribution is 7.10. The van der Waals surface area contributed by atoms with Crippen LogP contribution in [0.25, 0.3) is 0 Å². The summed E-state index contributed by atoms with van der Waals surface area (Å²) >= 11 is 1.80. The molecule has 2 atom stereocenters. The lowest BCUT2D eigenvalue weighted by molar-refractivity contribution is 0.157. The Morgan fingerprint density at radius 2 is 2.29 bits per heavy atom. The van der Waals surface area contributed by atoms with Crippen molar-refractivity contribution in [2.75, 3.05) is 20.3 Å². The molecule has 1 aromatic rings. The lowest BCUT2D eigenvalue weighted by Crippen LogP contribution is -2.26. The first-order chi connectivity index (χ1) is 6.74. The fraction of sp³-hybridized carbons (Fsp3) is 0.636. The zero-order valence-corrected chi connectivity index (χ0v) is 9.93. The van der Waals surface area contributed by atoms with E-state index in [0.717, 1.165) is 13.2 Å². The van der Waals surface area contributed by atoms with Crippen LogP contribution in [0.1, 0.15) is 24.8 Å². The van der Waals surface area contributed by atoms with Gasteiger partial charge in [-0.25, -0.2) is 0 Å². The van der Waals surface area contributed by atoms with Crippen molar-refractivity contribution in [1.29, 1.82) is 0 Å². The molecule has 1 rings (SSSR count). The number of methoxy groups -OCH3 is 1. The minimum Gasteiger partial charge on any atom is -0.384 e. The molecule has 0 saturated heterocycles. The monoisotopic (exact) mass is 213 g/mol. The SMILES string of the molecule is COCC(C)CN[C@@H](C)c1cccs1. The fourth-order valence-electron chi connectivity index (χ4n) is 1.36. The molecule has 0 aliphatic rings. The summed E-state index contributed by atoms with van der Waals surface area (Å²) in [6.07, 6.45) is 0. The molecule has 1 heterocycles. The van der Waals surface area contributed by atoms with E-state index in [0.29, 0.717) is 12.0 Å². The van der Waals surface area contributed by atoms with Gasteiger partial charge >= 0.3 is 0 Å². The van der Waals surface area contributed by atoms with Crippen LogP contribution in [0, 0.1) is 5.92 Å². The molecule has 0 aliphatic carbocycles. The van der Waals surface area contributed by atoms with E-state index in [1.54, 1.807) is 18.4 Å². The van der Waals surface area contributed by atoms with E-state index in [-0.39, 0.29) is 0 Å². The molecule has 0 radical (unpaired) electrons. The summed E-state index contributed by atoms with van der Waals surface area (Å²) in [5.74, 6) is 0.572. The highest BCUT2D eigenvalue weighted by atomic mass is 32.1.